The average molecular weight is 268 g/mol. The van der Waals surface area contributed by atoms with Crippen LogP contribution in [0.5, 0.6) is 0 Å². The number of nitrogens with one attached hydrogen (secondary N) is 1. The molecular weight excluding hydrogens is 244 g/mol. The van der Waals surface area contributed by atoms with Crippen LogP contribution >= 0.6 is 0 Å². The van der Waals surface area contributed by atoms with E-state index < -0.39 is 5.69 Å². The Labute approximate surface area is 113 Å². The zero-order valence-corrected chi connectivity index (χ0v) is 11.7. The molecule has 1 rings (SSSR count). The summed E-state index contributed by atoms with van der Waals surface area (Å²) in [7, 11) is 0. The molecule has 108 valence electrons. The van der Waals surface area contributed by atoms with Crippen molar-refractivity contribution < 1.29 is 4.74 Å². The largest absolute Gasteiger partial charge is 0.361 e. The van der Waals surface area contributed by atoms with Gasteiger partial charge in [-0.3, -0.25) is 14.3 Å². The smallest absolute Gasteiger partial charge is 0.330 e. The van der Waals surface area contributed by atoms with Gasteiger partial charge in [0.15, 0.2) is 0 Å². The third-order valence-electron chi connectivity index (χ3n) is 3.02. The quantitative estimate of drug-likeness (QED) is 0.662. The van der Waals surface area contributed by atoms with Gasteiger partial charge in [0, 0.05) is 18.9 Å². The first-order valence-electron chi connectivity index (χ1n) is 7.11. The number of unbranched alkanes of at least 4 members (excludes halogenated alkanes) is 6. The molecule has 1 aromatic heterocycles. The van der Waals surface area contributed by atoms with Crippen molar-refractivity contribution in [2.24, 2.45) is 0 Å². The van der Waals surface area contributed by atoms with Crippen LogP contribution in [0, 0.1) is 0 Å². The number of rotatable bonds is 10. The minimum absolute atomic E-state index is 0.200. The molecule has 0 bridgehead atoms. The number of H-pyrrole nitrogens is 1. The number of aromatic amines is 1. The van der Waals surface area contributed by atoms with E-state index in [9.17, 15) is 9.59 Å². The molecule has 0 saturated heterocycles. The molecule has 0 spiro atoms. The second-order valence-electron chi connectivity index (χ2n) is 4.74. The lowest BCUT2D eigenvalue weighted by Crippen LogP contribution is -2.29. The fourth-order valence-corrected chi connectivity index (χ4v) is 1.87. The Morgan fingerprint density at radius 3 is 2.47 bits per heavy atom. The fraction of sp³-hybridized carbons (Fsp3) is 0.714. The molecule has 1 N–H and O–H groups in total. The van der Waals surface area contributed by atoms with Crippen molar-refractivity contribution in [1.82, 2.24) is 9.55 Å². The van der Waals surface area contributed by atoms with Gasteiger partial charge in [0.1, 0.15) is 6.73 Å². The van der Waals surface area contributed by atoms with Crippen molar-refractivity contribution in [1.29, 1.82) is 0 Å². The predicted octanol–water partition coefficient (Wildman–Crippen LogP) is 2.26. The molecule has 1 aromatic rings. The van der Waals surface area contributed by atoms with Crippen LogP contribution in [0.15, 0.2) is 21.9 Å². The highest BCUT2D eigenvalue weighted by molar-refractivity contribution is 4.81. The molecule has 0 fully saturated rings. The molecule has 0 aliphatic rings. The number of hydrogen-bond acceptors (Lipinski definition) is 3. The van der Waals surface area contributed by atoms with E-state index in [0.717, 1.165) is 6.42 Å². The van der Waals surface area contributed by atoms with Crippen LogP contribution in [0.1, 0.15) is 51.9 Å². The summed E-state index contributed by atoms with van der Waals surface area (Å²) in [5.41, 5.74) is -0.805. The number of hydrogen-bond donors (Lipinski definition) is 1. The Bertz CT molecular complexity index is 450. The lowest BCUT2D eigenvalue weighted by molar-refractivity contribution is 0.0706. The summed E-state index contributed by atoms with van der Waals surface area (Å²) in [4.78, 5) is 24.4. The minimum atomic E-state index is -0.424. The van der Waals surface area contributed by atoms with Gasteiger partial charge in [-0.25, -0.2) is 4.79 Å². The third kappa shape index (κ3) is 6.96. The maximum atomic E-state index is 11.3. The van der Waals surface area contributed by atoms with Gasteiger partial charge in [0.05, 0.1) is 0 Å². The highest BCUT2D eigenvalue weighted by atomic mass is 16.5. The maximum absolute atomic E-state index is 11.3. The number of aromatic nitrogens is 2. The van der Waals surface area contributed by atoms with Crippen LogP contribution in [-0.2, 0) is 11.5 Å². The first-order chi connectivity index (χ1) is 9.24. The Hall–Kier alpha value is -1.36. The molecule has 19 heavy (non-hydrogen) atoms. The molecule has 0 aromatic carbocycles. The van der Waals surface area contributed by atoms with Crippen LogP contribution in [-0.4, -0.2) is 16.2 Å². The van der Waals surface area contributed by atoms with E-state index in [-0.39, 0.29) is 12.3 Å². The van der Waals surface area contributed by atoms with Crippen molar-refractivity contribution in [3.05, 3.63) is 33.1 Å². The molecule has 0 radical (unpaired) electrons. The topological polar surface area (TPSA) is 64.1 Å². The van der Waals surface area contributed by atoms with Crippen LogP contribution in [0.4, 0.5) is 0 Å². The minimum Gasteiger partial charge on any atom is -0.361 e. The van der Waals surface area contributed by atoms with Crippen LogP contribution in [0.2, 0.25) is 0 Å². The maximum Gasteiger partial charge on any atom is 0.330 e. The molecule has 0 saturated carbocycles. The van der Waals surface area contributed by atoms with Crippen molar-refractivity contribution >= 4 is 0 Å². The molecule has 0 aliphatic heterocycles. The monoisotopic (exact) mass is 268 g/mol. The van der Waals surface area contributed by atoms with Crippen molar-refractivity contribution in [3.8, 4) is 0 Å². The van der Waals surface area contributed by atoms with Gasteiger partial charge < -0.3 is 4.74 Å². The third-order valence-corrected chi connectivity index (χ3v) is 3.02. The molecule has 0 unspecified atom stereocenters. The van der Waals surface area contributed by atoms with Gasteiger partial charge in [0.25, 0.3) is 5.56 Å². The van der Waals surface area contributed by atoms with Crippen LogP contribution in [0.3, 0.4) is 0 Å². The van der Waals surface area contributed by atoms with Gasteiger partial charge in [0.2, 0.25) is 0 Å². The lowest BCUT2D eigenvalue weighted by atomic mass is 10.1. The molecular formula is C14H24N2O3. The Balaban J connectivity index is 2.05. The zero-order chi connectivity index (χ0) is 13.9. The molecule has 5 heteroatoms. The molecule has 1 heterocycles. The van der Waals surface area contributed by atoms with Crippen molar-refractivity contribution in [2.75, 3.05) is 6.61 Å². The summed E-state index contributed by atoms with van der Waals surface area (Å²) in [6, 6.07) is 1.32. The highest BCUT2D eigenvalue weighted by Gasteiger charge is 1.96. The molecule has 0 atom stereocenters. The predicted molar refractivity (Wildman–Crippen MR) is 75.3 cm³/mol. The van der Waals surface area contributed by atoms with Gasteiger partial charge in [-0.15, -0.1) is 0 Å². The van der Waals surface area contributed by atoms with Crippen molar-refractivity contribution in [3.63, 3.8) is 0 Å². The van der Waals surface area contributed by atoms with E-state index in [1.165, 1.54) is 55.4 Å². The summed E-state index contributed by atoms with van der Waals surface area (Å²) >= 11 is 0. The summed E-state index contributed by atoms with van der Waals surface area (Å²) in [5.74, 6) is 0. The SMILES string of the molecule is CCCCCCCCCOCn1ccc(=O)[nH]c1=O. The van der Waals surface area contributed by atoms with E-state index in [4.69, 9.17) is 4.74 Å². The molecule has 0 amide bonds. The second-order valence-corrected chi connectivity index (χ2v) is 4.74. The van der Waals surface area contributed by atoms with Gasteiger partial charge in [-0.2, -0.15) is 0 Å². The zero-order valence-electron chi connectivity index (χ0n) is 11.7. The van der Waals surface area contributed by atoms with E-state index in [1.54, 1.807) is 0 Å². The first kappa shape index (κ1) is 15.7. The Morgan fingerprint density at radius 1 is 1.11 bits per heavy atom. The fourth-order valence-electron chi connectivity index (χ4n) is 1.87. The van der Waals surface area contributed by atoms with Gasteiger partial charge in [-0.05, 0) is 6.42 Å². The van der Waals surface area contributed by atoms with Crippen LogP contribution in [0.25, 0.3) is 0 Å². The van der Waals surface area contributed by atoms with Crippen LogP contribution < -0.4 is 11.2 Å². The van der Waals surface area contributed by atoms with Gasteiger partial charge >= 0.3 is 5.69 Å². The Morgan fingerprint density at radius 2 is 1.79 bits per heavy atom. The second kappa shape index (κ2) is 9.55. The van der Waals surface area contributed by atoms with E-state index >= 15 is 0 Å². The summed E-state index contributed by atoms with van der Waals surface area (Å²) < 4.78 is 6.76. The highest BCUT2D eigenvalue weighted by Crippen LogP contribution is 2.06. The molecule has 5 nitrogen and oxygen atoms in total. The van der Waals surface area contributed by atoms with E-state index in [0.29, 0.717) is 6.61 Å². The Kier molecular flexibility index (Phi) is 7.89. The van der Waals surface area contributed by atoms with Crippen molar-refractivity contribution in [2.45, 2.75) is 58.6 Å². The molecule has 0 aliphatic carbocycles. The average Bonchev–Trinajstić information content (AvgIpc) is 2.39. The normalized spacial score (nSPS) is 10.8. The standard InChI is InChI=1S/C14H24N2O3/c1-2-3-4-5-6-7-8-11-19-12-16-10-9-13(17)15-14(16)18/h9-10H,2-8,11-12H2,1H3,(H,15,17,18). The number of nitrogens with zero attached hydrogens (tertiary/aromatic N) is 1. The lowest BCUT2D eigenvalue weighted by Gasteiger charge is -2.06. The van der Waals surface area contributed by atoms with E-state index in [1.807, 2.05) is 0 Å². The first-order valence-corrected chi connectivity index (χ1v) is 7.11. The summed E-state index contributed by atoms with van der Waals surface area (Å²) in [5, 5.41) is 0. The van der Waals surface area contributed by atoms with Gasteiger partial charge in [-0.1, -0.05) is 45.4 Å². The summed E-state index contributed by atoms with van der Waals surface area (Å²) in [6.07, 6.45) is 10.1. The summed E-state index contributed by atoms with van der Waals surface area (Å²) in [6.45, 7) is 3.07. The number of ether oxygens (including phenoxy) is 1. The van der Waals surface area contributed by atoms with E-state index in [2.05, 4.69) is 11.9 Å².